The predicted octanol–water partition coefficient (Wildman–Crippen LogP) is -7.38. The number of rotatable bonds is 1. The molecule has 0 heterocycles. The zero-order chi connectivity index (χ0) is 5.15. The first-order valence-corrected chi connectivity index (χ1v) is 1.88. The van der Waals surface area contributed by atoms with E-state index in [1.54, 1.807) is 0 Å². The quantitative estimate of drug-likeness (QED) is 0.238. The molecule has 0 amide bonds. The van der Waals surface area contributed by atoms with Gasteiger partial charge < -0.3 is 34.7 Å². The van der Waals surface area contributed by atoms with Crippen molar-refractivity contribution in [2.45, 2.75) is 0 Å². The van der Waals surface area contributed by atoms with Crippen molar-refractivity contribution in [3.63, 3.8) is 0 Å². The summed E-state index contributed by atoms with van der Waals surface area (Å²) in [7, 11) is 0. The van der Waals surface area contributed by atoms with Crippen LogP contribution in [0.5, 0.6) is 0 Å². The van der Waals surface area contributed by atoms with Crippen LogP contribution in [0, 0.1) is 0 Å². The Bertz CT molecular complexity index is 82.0. The zero-order valence-electron chi connectivity index (χ0n) is 4.63. The summed E-state index contributed by atoms with van der Waals surface area (Å²) in [5.74, 6) is -1.44. The van der Waals surface area contributed by atoms with Crippen molar-refractivity contribution >= 4 is 35.0 Å². The van der Waals surface area contributed by atoms with E-state index >= 15 is 0 Å². The van der Waals surface area contributed by atoms with Crippen LogP contribution in [0.4, 0.5) is 0 Å². The van der Waals surface area contributed by atoms with E-state index in [0.29, 0.717) is 0 Å². The van der Waals surface area contributed by atoms with Crippen LogP contribution >= 0.6 is 12.2 Å². The van der Waals surface area contributed by atoms with Gasteiger partial charge >= 0.3 is 103 Å². The summed E-state index contributed by atoms with van der Waals surface area (Å²) in [6, 6.07) is 0. The molecule has 0 bridgehead atoms. The molecule has 0 aromatic heterocycles. The van der Waals surface area contributed by atoms with Gasteiger partial charge in [0.25, 0.3) is 0 Å². The Balaban J connectivity index is -0.000000125. The van der Waals surface area contributed by atoms with Crippen molar-refractivity contribution in [3.05, 3.63) is 0 Å². The van der Waals surface area contributed by atoms with Crippen LogP contribution < -0.4 is 108 Å². The molecule has 6 heteroatoms. The van der Waals surface area contributed by atoms with Crippen molar-refractivity contribution in [1.29, 1.82) is 0 Å². The van der Waals surface area contributed by atoms with Crippen molar-refractivity contribution in [2.75, 3.05) is 0 Å². The molecule has 0 saturated heterocycles. The van der Waals surface area contributed by atoms with Gasteiger partial charge in [0.1, 0.15) is 0 Å². The smallest absolute Gasteiger partial charge is 0.547 e. The number of carbonyl (C=O) groups excluding carboxylic acids is 1. The maximum Gasteiger partial charge on any atom is 1.00 e. The monoisotopic (exact) mass is 198 g/mol. The molecule has 0 aliphatic carbocycles. The van der Waals surface area contributed by atoms with Crippen LogP contribution in [-0.2, 0) is 17.4 Å². The van der Waals surface area contributed by atoms with E-state index in [0.717, 1.165) is 0 Å². The summed E-state index contributed by atoms with van der Waals surface area (Å²) >= 11 is 7.94. The Morgan fingerprint density at radius 3 is 1.62 bits per heavy atom. The van der Waals surface area contributed by atoms with Gasteiger partial charge in [-0.15, -0.1) is 4.20 Å². The SMILES string of the molecule is O=C([O-])C(=S)[S-].[K+].[K+]. The van der Waals surface area contributed by atoms with Gasteiger partial charge in [0.15, 0.2) is 0 Å². The van der Waals surface area contributed by atoms with Crippen LogP contribution in [-0.4, -0.2) is 10.2 Å². The molecule has 0 aromatic rings. The summed E-state index contributed by atoms with van der Waals surface area (Å²) in [6.07, 6.45) is 0. The van der Waals surface area contributed by atoms with Gasteiger partial charge in [-0.05, 0) is 0 Å². The molecule has 0 fully saturated rings. The molecule has 0 aromatic carbocycles. The second-order valence-corrected chi connectivity index (χ2v) is 1.65. The van der Waals surface area contributed by atoms with Gasteiger partial charge in [0, 0.05) is 0 Å². The molecule has 0 aliphatic heterocycles. The normalized spacial score (nSPS) is 5.50. The summed E-state index contributed by atoms with van der Waals surface area (Å²) < 4.78 is -0.519. The molecule has 0 radical (unpaired) electrons. The van der Waals surface area contributed by atoms with Crippen LogP contribution in [0.25, 0.3) is 0 Å². The molecule has 0 rings (SSSR count). The van der Waals surface area contributed by atoms with Crippen LogP contribution in [0.15, 0.2) is 0 Å². The average molecular weight is 198 g/mol. The van der Waals surface area contributed by atoms with Crippen molar-refractivity contribution in [1.82, 2.24) is 0 Å². The summed E-state index contributed by atoms with van der Waals surface area (Å²) in [6.45, 7) is 0. The largest absolute Gasteiger partial charge is 1.00 e. The molecule has 34 valence electrons. The Morgan fingerprint density at radius 1 is 1.50 bits per heavy atom. The number of thiocarbonyl (C=S) groups is 1. The number of hydrogen-bond acceptors (Lipinski definition) is 4. The number of carboxylic acid groups (broad SMARTS) is 1. The molecule has 0 atom stereocenters. The van der Waals surface area contributed by atoms with E-state index in [1.165, 1.54) is 0 Å². The third kappa shape index (κ3) is 11.8. The minimum Gasteiger partial charge on any atom is -0.547 e. The third-order valence-electron chi connectivity index (χ3n) is 0.167. The van der Waals surface area contributed by atoms with Gasteiger partial charge in [0.2, 0.25) is 0 Å². The van der Waals surface area contributed by atoms with Crippen molar-refractivity contribution in [3.8, 4) is 0 Å². The Labute approximate surface area is 143 Å². The molecular weight excluding hydrogens is 198 g/mol. The van der Waals surface area contributed by atoms with Crippen LogP contribution in [0.2, 0.25) is 0 Å². The molecule has 0 saturated carbocycles. The summed E-state index contributed by atoms with van der Waals surface area (Å²) in [4.78, 5) is 9.34. The van der Waals surface area contributed by atoms with E-state index in [4.69, 9.17) is 0 Å². The fourth-order valence-electron chi connectivity index (χ4n) is 0. The van der Waals surface area contributed by atoms with Gasteiger partial charge in [-0.3, -0.25) is 0 Å². The average Bonchev–Trinajstić information content (AvgIpc) is 1.36. The van der Waals surface area contributed by atoms with E-state index in [2.05, 4.69) is 24.8 Å². The van der Waals surface area contributed by atoms with Crippen LogP contribution in [0.1, 0.15) is 0 Å². The summed E-state index contributed by atoms with van der Waals surface area (Å²) in [5.41, 5.74) is 0. The Hall–Kier alpha value is 3.05. The van der Waals surface area contributed by atoms with E-state index in [-0.39, 0.29) is 103 Å². The Morgan fingerprint density at radius 2 is 1.62 bits per heavy atom. The predicted molar refractivity (Wildman–Crippen MR) is 25.0 cm³/mol. The maximum absolute atomic E-state index is 9.34. The topological polar surface area (TPSA) is 40.1 Å². The standard InChI is InChI=1S/C2H2O2S2.2K/c3-1(4)2(5)6;;/h(H,3,4)(H,5,6);;/q;2*+1/p-2. The van der Waals surface area contributed by atoms with E-state index in [1.807, 2.05) is 0 Å². The van der Waals surface area contributed by atoms with Crippen molar-refractivity contribution in [2.24, 2.45) is 0 Å². The summed E-state index contributed by atoms with van der Waals surface area (Å²) in [5, 5.41) is 9.34. The van der Waals surface area contributed by atoms with Gasteiger partial charge in [-0.2, -0.15) is 0 Å². The molecule has 8 heavy (non-hydrogen) atoms. The molecule has 2 nitrogen and oxygen atoms in total. The molecule has 0 unspecified atom stereocenters. The Kier molecular flexibility index (Phi) is 21.6. The zero-order valence-corrected chi connectivity index (χ0v) is 12.5. The molecule has 0 aliphatic rings. The minimum atomic E-state index is -1.44. The minimum absolute atomic E-state index is 0. The fraction of sp³-hybridized carbons (Fsp3) is 0. The second kappa shape index (κ2) is 10.1. The van der Waals surface area contributed by atoms with E-state index in [9.17, 15) is 9.90 Å². The first kappa shape index (κ1) is 17.2. The van der Waals surface area contributed by atoms with Gasteiger partial charge in [-0.25, -0.2) is 0 Å². The maximum atomic E-state index is 9.34. The molecule has 0 N–H and O–H groups in total. The third-order valence-corrected chi connectivity index (χ3v) is 0.500. The molecular formula is C2K2O2S2. The number of aliphatic carboxylic acids is 1. The van der Waals surface area contributed by atoms with Crippen LogP contribution in [0.3, 0.4) is 0 Å². The second-order valence-electron chi connectivity index (χ2n) is 0.575. The number of hydrogen-bond donors (Lipinski definition) is 0. The van der Waals surface area contributed by atoms with Crippen molar-refractivity contribution < 1.29 is 113 Å². The van der Waals surface area contributed by atoms with Gasteiger partial charge in [-0.1, -0.05) is 0 Å². The first-order valence-electron chi connectivity index (χ1n) is 1.07. The van der Waals surface area contributed by atoms with Gasteiger partial charge in [0.05, 0.1) is 5.97 Å². The first-order chi connectivity index (χ1) is 2.64. The van der Waals surface area contributed by atoms with E-state index < -0.39 is 10.2 Å². The number of carbonyl (C=O) groups is 1. The molecule has 0 spiro atoms. The fourth-order valence-corrected chi connectivity index (χ4v) is 0. The number of carboxylic acids is 1.